The summed E-state index contributed by atoms with van der Waals surface area (Å²) >= 11 is 3.29. The Morgan fingerprint density at radius 1 is 0.879 bits per heavy atom. The molecule has 0 aromatic heterocycles. The molecule has 0 N–H and O–H groups in total. The summed E-state index contributed by atoms with van der Waals surface area (Å²) in [5.41, 5.74) is 0.737. The molecule has 1 saturated heterocycles. The molecule has 0 spiro atoms. The van der Waals surface area contributed by atoms with Gasteiger partial charge in [-0.15, -0.1) is 0 Å². The minimum absolute atomic E-state index is 0.228. The molecule has 1 fully saturated rings. The van der Waals surface area contributed by atoms with Gasteiger partial charge in [0.05, 0.1) is 17.0 Å². The Kier molecular flexibility index (Phi) is 6.42. The van der Waals surface area contributed by atoms with Crippen LogP contribution in [0.15, 0.2) is 82.2 Å². The predicted octanol–water partition coefficient (Wildman–Crippen LogP) is 4.25. The summed E-state index contributed by atoms with van der Waals surface area (Å²) in [6, 6.07) is 14.5. The molecule has 4 rings (SSSR count). The average Bonchev–Trinajstić information content (AvgIpc) is 3.07. The Morgan fingerprint density at radius 2 is 1.42 bits per heavy atom. The topological polar surface area (TPSA) is 74.8 Å². The second-order valence-corrected chi connectivity index (χ2v) is 10.2. The first-order chi connectivity index (χ1) is 15.7. The Balaban J connectivity index is 1.74. The standard InChI is InChI=1S/C23H17BrF2N2O4S/c24-16-3-9-19(10-4-16)28-22(29)13-21(23(28)30)27(14-15-1-5-17(25)6-2-15)33(31,32)20-11-7-18(26)8-12-20/h1-12,21H,13-14H2. The summed E-state index contributed by atoms with van der Waals surface area (Å²) in [4.78, 5) is 26.8. The zero-order chi connectivity index (χ0) is 23.8. The van der Waals surface area contributed by atoms with Crippen molar-refractivity contribution in [3.8, 4) is 0 Å². The van der Waals surface area contributed by atoms with Gasteiger partial charge >= 0.3 is 0 Å². The second-order valence-electron chi connectivity index (χ2n) is 7.39. The van der Waals surface area contributed by atoms with Gasteiger partial charge in [0.1, 0.15) is 17.7 Å². The third-order valence-electron chi connectivity index (χ3n) is 5.23. The molecule has 3 aromatic rings. The quantitative estimate of drug-likeness (QED) is 0.443. The highest BCUT2D eigenvalue weighted by molar-refractivity contribution is 9.10. The predicted molar refractivity (Wildman–Crippen MR) is 121 cm³/mol. The number of hydrogen-bond donors (Lipinski definition) is 0. The monoisotopic (exact) mass is 534 g/mol. The fourth-order valence-electron chi connectivity index (χ4n) is 3.58. The number of nitrogens with zero attached hydrogens (tertiary/aromatic N) is 2. The summed E-state index contributed by atoms with van der Waals surface area (Å²) in [7, 11) is -4.31. The van der Waals surface area contributed by atoms with Crippen LogP contribution in [-0.4, -0.2) is 30.6 Å². The van der Waals surface area contributed by atoms with Gasteiger partial charge in [-0.3, -0.25) is 9.59 Å². The molecular formula is C23H17BrF2N2O4S. The van der Waals surface area contributed by atoms with Gasteiger partial charge in [0.25, 0.3) is 5.91 Å². The van der Waals surface area contributed by atoms with Crippen molar-refractivity contribution in [1.82, 2.24) is 4.31 Å². The molecule has 170 valence electrons. The maximum Gasteiger partial charge on any atom is 0.252 e. The molecule has 1 heterocycles. The van der Waals surface area contributed by atoms with Crippen LogP contribution in [0.2, 0.25) is 0 Å². The number of imide groups is 1. The van der Waals surface area contributed by atoms with E-state index in [4.69, 9.17) is 0 Å². The number of carbonyl (C=O) groups excluding carboxylic acids is 2. The number of benzene rings is 3. The zero-order valence-electron chi connectivity index (χ0n) is 17.0. The lowest BCUT2D eigenvalue weighted by atomic mass is 10.2. The Bertz CT molecular complexity index is 1300. The summed E-state index contributed by atoms with van der Waals surface area (Å²) in [5.74, 6) is -2.37. The van der Waals surface area contributed by atoms with Crippen LogP contribution in [0.25, 0.3) is 0 Å². The molecule has 1 unspecified atom stereocenters. The van der Waals surface area contributed by atoms with Crippen LogP contribution in [-0.2, 0) is 26.2 Å². The van der Waals surface area contributed by atoms with Crippen LogP contribution in [0.1, 0.15) is 12.0 Å². The molecule has 1 atom stereocenters. The van der Waals surface area contributed by atoms with E-state index in [0.717, 1.165) is 37.9 Å². The minimum atomic E-state index is -4.31. The van der Waals surface area contributed by atoms with E-state index in [1.807, 2.05) is 0 Å². The normalized spacial score (nSPS) is 16.6. The van der Waals surface area contributed by atoms with Crippen molar-refractivity contribution in [3.63, 3.8) is 0 Å². The van der Waals surface area contributed by atoms with Crippen molar-refractivity contribution in [2.24, 2.45) is 0 Å². The first kappa shape index (κ1) is 23.2. The highest BCUT2D eigenvalue weighted by Crippen LogP contribution is 2.31. The maximum absolute atomic E-state index is 13.5. The number of carbonyl (C=O) groups is 2. The van der Waals surface area contributed by atoms with Crippen molar-refractivity contribution >= 4 is 43.5 Å². The van der Waals surface area contributed by atoms with Gasteiger partial charge in [0, 0.05) is 11.0 Å². The maximum atomic E-state index is 13.5. The SMILES string of the molecule is O=C1CC(N(Cc2ccc(F)cc2)S(=O)(=O)c2ccc(F)cc2)C(=O)N1c1ccc(Br)cc1. The van der Waals surface area contributed by atoms with Gasteiger partial charge in [-0.25, -0.2) is 22.1 Å². The number of halogens is 3. The first-order valence-corrected chi connectivity index (χ1v) is 12.0. The highest BCUT2D eigenvalue weighted by atomic mass is 79.9. The first-order valence-electron chi connectivity index (χ1n) is 9.81. The van der Waals surface area contributed by atoms with E-state index >= 15 is 0 Å². The molecule has 33 heavy (non-hydrogen) atoms. The lowest BCUT2D eigenvalue weighted by molar-refractivity contribution is -0.122. The van der Waals surface area contributed by atoms with Crippen LogP contribution in [0, 0.1) is 11.6 Å². The van der Waals surface area contributed by atoms with Crippen molar-refractivity contribution in [3.05, 3.63) is 94.5 Å². The van der Waals surface area contributed by atoms with Crippen molar-refractivity contribution in [2.45, 2.75) is 23.9 Å². The fraction of sp³-hybridized carbons (Fsp3) is 0.130. The summed E-state index contributed by atoms with van der Waals surface area (Å²) in [5, 5.41) is 0. The van der Waals surface area contributed by atoms with Crippen molar-refractivity contribution < 1.29 is 26.8 Å². The van der Waals surface area contributed by atoms with Gasteiger partial charge in [-0.1, -0.05) is 28.1 Å². The van der Waals surface area contributed by atoms with E-state index in [1.165, 1.54) is 24.3 Å². The Labute approximate surface area is 197 Å². The fourth-order valence-corrected chi connectivity index (χ4v) is 5.41. The number of anilines is 1. The number of rotatable bonds is 6. The van der Waals surface area contributed by atoms with E-state index in [0.29, 0.717) is 11.3 Å². The summed E-state index contributed by atoms with van der Waals surface area (Å²) in [6.45, 7) is -0.280. The second kappa shape index (κ2) is 9.12. The molecule has 10 heteroatoms. The van der Waals surface area contributed by atoms with E-state index in [-0.39, 0.29) is 17.9 Å². The largest absolute Gasteiger partial charge is 0.274 e. The van der Waals surface area contributed by atoms with E-state index in [9.17, 15) is 26.8 Å². The molecule has 3 aromatic carbocycles. The van der Waals surface area contributed by atoms with E-state index < -0.39 is 39.5 Å². The molecule has 0 saturated carbocycles. The van der Waals surface area contributed by atoms with Crippen LogP contribution in [0.3, 0.4) is 0 Å². The van der Waals surface area contributed by atoms with Gasteiger partial charge in [0.15, 0.2) is 0 Å². The van der Waals surface area contributed by atoms with Crippen LogP contribution < -0.4 is 4.90 Å². The average molecular weight is 535 g/mol. The van der Waals surface area contributed by atoms with Gasteiger partial charge in [-0.05, 0) is 66.2 Å². The van der Waals surface area contributed by atoms with Crippen LogP contribution in [0.5, 0.6) is 0 Å². The summed E-state index contributed by atoms with van der Waals surface area (Å²) in [6.07, 6.45) is -0.365. The van der Waals surface area contributed by atoms with Crippen LogP contribution in [0.4, 0.5) is 14.5 Å². The number of hydrogen-bond acceptors (Lipinski definition) is 4. The number of sulfonamides is 1. The molecule has 1 aliphatic rings. The molecule has 0 bridgehead atoms. The van der Waals surface area contributed by atoms with Crippen LogP contribution >= 0.6 is 15.9 Å². The molecular weight excluding hydrogens is 518 g/mol. The van der Waals surface area contributed by atoms with E-state index in [2.05, 4.69) is 15.9 Å². The lowest BCUT2D eigenvalue weighted by Gasteiger charge is -2.27. The highest BCUT2D eigenvalue weighted by Gasteiger charge is 2.47. The third kappa shape index (κ3) is 4.73. The number of amides is 2. The smallest absolute Gasteiger partial charge is 0.252 e. The Morgan fingerprint density at radius 3 is 2.00 bits per heavy atom. The molecule has 6 nitrogen and oxygen atoms in total. The summed E-state index contributed by atoms with van der Waals surface area (Å²) < 4.78 is 55.4. The van der Waals surface area contributed by atoms with Crippen molar-refractivity contribution in [2.75, 3.05) is 4.90 Å². The molecule has 0 radical (unpaired) electrons. The third-order valence-corrected chi connectivity index (χ3v) is 7.62. The van der Waals surface area contributed by atoms with Crippen molar-refractivity contribution in [1.29, 1.82) is 0 Å². The lowest BCUT2D eigenvalue weighted by Crippen LogP contribution is -2.45. The minimum Gasteiger partial charge on any atom is -0.274 e. The molecule has 0 aliphatic carbocycles. The molecule has 2 amide bonds. The Hall–Kier alpha value is -2.95. The molecule has 1 aliphatic heterocycles. The van der Waals surface area contributed by atoms with Gasteiger partial charge in [0.2, 0.25) is 15.9 Å². The zero-order valence-corrected chi connectivity index (χ0v) is 19.4. The van der Waals surface area contributed by atoms with Gasteiger partial charge in [-0.2, -0.15) is 4.31 Å². The van der Waals surface area contributed by atoms with Gasteiger partial charge < -0.3 is 0 Å². The van der Waals surface area contributed by atoms with E-state index in [1.54, 1.807) is 24.3 Å².